The second-order valence-corrected chi connectivity index (χ2v) is 13.6. The second-order valence-electron chi connectivity index (χ2n) is 11.6. The molecule has 0 saturated heterocycles. The number of H-pyrrole nitrogens is 1. The number of sulfonamides is 1. The van der Waals surface area contributed by atoms with Gasteiger partial charge in [-0.05, 0) is 55.0 Å². The van der Waals surface area contributed by atoms with Crippen molar-refractivity contribution in [1.82, 2.24) is 15.0 Å². The van der Waals surface area contributed by atoms with Gasteiger partial charge in [-0.3, -0.25) is 4.79 Å². The van der Waals surface area contributed by atoms with Gasteiger partial charge < -0.3 is 15.4 Å². The van der Waals surface area contributed by atoms with Crippen LogP contribution < -0.4 is 10.0 Å². The number of aromatic nitrogens is 1. The van der Waals surface area contributed by atoms with Crippen molar-refractivity contribution in [1.29, 1.82) is 0 Å². The number of carbonyl (C=O) groups excluding carboxylic acids is 1. The van der Waals surface area contributed by atoms with E-state index in [1.165, 1.54) is 0 Å². The molecule has 1 aromatic heterocycles. The van der Waals surface area contributed by atoms with E-state index in [4.69, 9.17) is 11.6 Å². The Bertz CT molecular complexity index is 1610. The van der Waals surface area contributed by atoms with Gasteiger partial charge in [-0.1, -0.05) is 86.1 Å². The van der Waals surface area contributed by atoms with Crippen LogP contribution in [0.25, 0.3) is 22.2 Å². The van der Waals surface area contributed by atoms with Crippen LogP contribution in [0.3, 0.4) is 0 Å². The number of aromatic amines is 1. The van der Waals surface area contributed by atoms with Crippen LogP contribution >= 0.6 is 11.6 Å². The van der Waals surface area contributed by atoms with Gasteiger partial charge in [0.15, 0.2) is 0 Å². The molecule has 7 nitrogen and oxygen atoms in total. The second kappa shape index (κ2) is 12.0. The Morgan fingerprint density at radius 3 is 2.27 bits per heavy atom. The zero-order chi connectivity index (χ0) is 29.2. The minimum atomic E-state index is -3.78. The summed E-state index contributed by atoms with van der Waals surface area (Å²) in [6, 6.07) is 23.7. The summed E-state index contributed by atoms with van der Waals surface area (Å²) in [6.07, 6.45) is 2.27. The van der Waals surface area contributed by atoms with Gasteiger partial charge in [0.1, 0.15) is 0 Å². The maximum atomic E-state index is 13.3. The summed E-state index contributed by atoms with van der Waals surface area (Å²) in [7, 11) is -3.78. The Hall–Kier alpha value is -3.17. The summed E-state index contributed by atoms with van der Waals surface area (Å²) in [5.41, 5.74) is 2.72. The van der Waals surface area contributed by atoms with Crippen LogP contribution in [-0.2, 0) is 14.8 Å². The van der Waals surface area contributed by atoms with E-state index in [0.717, 1.165) is 22.2 Å². The van der Waals surface area contributed by atoms with E-state index in [9.17, 15) is 18.3 Å². The van der Waals surface area contributed by atoms with Gasteiger partial charge in [-0.25, -0.2) is 13.1 Å². The number of hydrogen-bond acceptors (Lipinski definition) is 4. The van der Waals surface area contributed by atoms with Gasteiger partial charge in [0.25, 0.3) is 0 Å². The third kappa shape index (κ3) is 6.36. The number of nitrogens with one attached hydrogen (secondary N) is 3. The average molecular weight is 594 g/mol. The molecule has 1 aliphatic carbocycles. The first-order valence-electron chi connectivity index (χ1n) is 13.9. The van der Waals surface area contributed by atoms with Gasteiger partial charge in [0.2, 0.25) is 15.9 Å². The summed E-state index contributed by atoms with van der Waals surface area (Å²) < 4.78 is 29.5. The van der Waals surface area contributed by atoms with Crippen LogP contribution in [0.5, 0.6) is 0 Å². The highest BCUT2D eigenvalue weighted by atomic mass is 35.5. The minimum Gasteiger partial charge on any atom is -0.396 e. The molecule has 0 bridgehead atoms. The number of carbonyl (C=O) groups is 1. The van der Waals surface area contributed by atoms with Crippen LogP contribution in [0, 0.1) is 11.3 Å². The molecule has 9 heteroatoms. The van der Waals surface area contributed by atoms with Gasteiger partial charge in [-0.2, -0.15) is 0 Å². The molecule has 3 aromatic carbocycles. The fraction of sp³-hybridized carbons (Fsp3) is 0.344. The van der Waals surface area contributed by atoms with Crippen LogP contribution in [0.15, 0.2) is 83.8 Å². The van der Waals surface area contributed by atoms with Crippen molar-refractivity contribution in [2.24, 2.45) is 11.3 Å². The molecule has 4 N–H and O–H groups in total. The predicted molar refractivity (Wildman–Crippen MR) is 163 cm³/mol. The Balaban J connectivity index is 1.23. The fourth-order valence-corrected chi connectivity index (χ4v) is 7.25. The number of aliphatic hydroxyl groups is 1. The van der Waals surface area contributed by atoms with E-state index in [-0.39, 0.29) is 35.4 Å². The summed E-state index contributed by atoms with van der Waals surface area (Å²) in [5.74, 6) is -0.282. The zero-order valence-electron chi connectivity index (χ0n) is 23.2. The molecule has 0 aliphatic heterocycles. The van der Waals surface area contributed by atoms with Crippen molar-refractivity contribution in [3.8, 4) is 11.3 Å². The van der Waals surface area contributed by atoms with Crippen molar-refractivity contribution < 1.29 is 18.3 Å². The van der Waals surface area contributed by atoms with Crippen molar-refractivity contribution in [2.75, 3.05) is 6.61 Å². The SMILES string of the molecule is CC(C)(CO)[C@@H](NC(=O)C1CCC(NS(=O)(=O)c2ccc3c(Cl)c(-c4ccccc4)[nH]c3c2)CC1)c1ccccc1. The topological polar surface area (TPSA) is 111 Å². The Morgan fingerprint density at radius 1 is 1.00 bits per heavy atom. The lowest BCUT2D eigenvalue weighted by molar-refractivity contribution is -0.128. The van der Waals surface area contributed by atoms with Crippen molar-refractivity contribution in [2.45, 2.75) is 56.5 Å². The van der Waals surface area contributed by atoms with Crippen LogP contribution in [0.4, 0.5) is 0 Å². The van der Waals surface area contributed by atoms with Gasteiger partial charge in [0.05, 0.1) is 28.3 Å². The highest BCUT2D eigenvalue weighted by molar-refractivity contribution is 7.89. The van der Waals surface area contributed by atoms with E-state index >= 15 is 0 Å². The lowest BCUT2D eigenvalue weighted by Crippen LogP contribution is -2.45. The average Bonchev–Trinajstić information content (AvgIpc) is 3.32. The normalized spacial score (nSPS) is 18.7. The molecule has 1 heterocycles. The minimum absolute atomic E-state index is 0.0648. The monoisotopic (exact) mass is 593 g/mol. The van der Waals surface area contributed by atoms with Gasteiger partial charge in [0, 0.05) is 28.3 Å². The Labute approximate surface area is 246 Å². The summed E-state index contributed by atoms with van der Waals surface area (Å²) in [6.45, 7) is 3.78. The number of rotatable bonds is 9. The molecule has 41 heavy (non-hydrogen) atoms. The predicted octanol–water partition coefficient (Wildman–Crippen LogP) is 6.20. The fourth-order valence-electron chi connectivity index (χ4n) is 5.60. The third-order valence-corrected chi connectivity index (χ3v) is 10.0. The molecule has 1 aliphatic rings. The number of fused-ring (bicyclic) bond motifs is 1. The highest BCUT2D eigenvalue weighted by Crippen LogP contribution is 2.36. The molecule has 1 fully saturated rings. The number of halogens is 1. The van der Waals surface area contributed by atoms with Crippen LogP contribution in [0.2, 0.25) is 5.02 Å². The molecule has 0 unspecified atom stereocenters. The quantitative estimate of drug-likeness (QED) is 0.185. The molecule has 5 rings (SSSR count). The van der Waals surface area contributed by atoms with Crippen molar-refractivity contribution in [3.05, 3.63) is 89.4 Å². The van der Waals surface area contributed by atoms with Crippen LogP contribution in [0.1, 0.15) is 51.1 Å². The maximum absolute atomic E-state index is 13.3. The molecule has 1 amide bonds. The molecule has 0 spiro atoms. The van der Waals surface area contributed by atoms with Crippen molar-refractivity contribution in [3.63, 3.8) is 0 Å². The van der Waals surface area contributed by atoms with Gasteiger partial charge >= 0.3 is 0 Å². The zero-order valence-corrected chi connectivity index (χ0v) is 24.8. The Morgan fingerprint density at radius 2 is 1.63 bits per heavy atom. The number of amides is 1. The maximum Gasteiger partial charge on any atom is 0.240 e. The van der Waals surface area contributed by atoms with E-state index in [1.54, 1.807) is 18.2 Å². The standard InChI is InChI=1S/C32H36ClN3O4S/c1-32(2,20-37)30(22-11-7-4-8-12-22)35-31(38)23-13-15-24(16-14-23)36-41(39,40)25-17-18-26-27(19-25)34-29(28(26)33)21-9-5-3-6-10-21/h3-12,17-19,23-24,30,34,36-37H,13-16,20H2,1-2H3,(H,35,38)/t23?,24?,30-/m0/s1. The first-order valence-corrected chi connectivity index (χ1v) is 15.8. The molecule has 1 saturated carbocycles. The van der Waals surface area contributed by atoms with E-state index in [1.807, 2.05) is 74.5 Å². The summed E-state index contributed by atoms with van der Waals surface area (Å²) in [4.78, 5) is 16.7. The lowest BCUT2D eigenvalue weighted by atomic mass is 9.80. The number of hydrogen-bond donors (Lipinski definition) is 4. The van der Waals surface area contributed by atoms with E-state index in [0.29, 0.717) is 36.2 Å². The molecular weight excluding hydrogens is 558 g/mol. The number of benzene rings is 3. The molecule has 0 radical (unpaired) electrons. The smallest absolute Gasteiger partial charge is 0.240 e. The molecule has 1 atom stereocenters. The largest absolute Gasteiger partial charge is 0.396 e. The van der Waals surface area contributed by atoms with Crippen LogP contribution in [-0.4, -0.2) is 37.1 Å². The van der Waals surface area contributed by atoms with Crippen molar-refractivity contribution >= 4 is 38.4 Å². The summed E-state index contributed by atoms with van der Waals surface area (Å²) in [5, 5.41) is 14.5. The molecule has 216 valence electrons. The molecular formula is C32H36ClN3O4S. The third-order valence-electron chi connectivity index (χ3n) is 8.11. The van der Waals surface area contributed by atoms with E-state index in [2.05, 4.69) is 15.0 Å². The lowest BCUT2D eigenvalue weighted by Gasteiger charge is -2.36. The first-order chi connectivity index (χ1) is 19.6. The van der Waals surface area contributed by atoms with E-state index < -0.39 is 15.4 Å². The molecule has 4 aromatic rings. The highest BCUT2D eigenvalue weighted by Gasteiger charge is 2.35. The first kappa shape index (κ1) is 29.3. The summed E-state index contributed by atoms with van der Waals surface area (Å²) >= 11 is 6.61. The van der Waals surface area contributed by atoms with Gasteiger partial charge in [-0.15, -0.1) is 0 Å². The Kier molecular flexibility index (Phi) is 8.57. The number of aliphatic hydroxyl groups excluding tert-OH is 1.